The van der Waals surface area contributed by atoms with Crippen LogP contribution >= 0.6 is 0 Å². The Bertz CT molecular complexity index is 967. The normalized spacial score (nSPS) is 11.0. The van der Waals surface area contributed by atoms with Gasteiger partial charge in [0.15, 0.2) is 0 Å². The fraction of sp³-hybridized carbons (Fsp3) is 0.292. The fourth-order valence-electron chi connectivity index (χ4n) is 3.59. The first-order chi connectivity index (χ1) is 13.4. The van der Waals surface area contributed by atoms with E-state index in [0.29, 0.717) is 25.2 Å². The molecule has 2 aromatic carbocycles. The van der Waals surface area contributed by atoms with Gasteiger partial charge in [-0.25, -0.2) is 0 Å². The van der Waals surface area contributed by atoms with E-state index in [0.717, 1.165) is 22.5 Å². The van der Waals surface area contributed by atoms with Crippen molar-refractivity contribution in [3.8, 4) is 0 Å². The Morgan fingerprint density at radius 2 is 1.36 bits per heavy atom. The molecule has 4 heteroatoms. The first kappa shape index (κ1) is 19.9. The van der Waals surface area contributed by atoms with Gasteiger partial charge in [-0.2, -0.15) is 0 Å². The van der Waals surface area contributed by atoms with E-state index in [2.05, 4.69) is 72.3 Å². The second-order valence-corrected chi connectivity index (χ2v) is 7.47. The number of carboxylic acid groups (broad SMARTS) is 1. The summed E-state index contributed by atoms with van der Waals surface area (Å²) in [5.41, 5.74) is 7.57. The molecular weight excluding hydrogens is 348 g/mol. The van der Waals surface area contributed by atoms with Gasteiger partial charge in [0.1, 0.15) is 0 Å². The number of carboxylic acids is 1. The van der Waals surface area contributed by atoms with Gasteiger partial charge in [0.2, 0.25) is 0 Å². The summed E-state index contributed by atoms with van der Waals surface area (Å²) in [6, 6.07) is 16.7. The molecule has 0 radical (unpaired) electrons. The van der Waals surface area contributed by atoms with Crippen LogP contribution in [-0.2, 0) is 19.6 Å². The molecular formula is C24H27N2O2-. The topological polar surface area (TPSA) is 57.1 Å². The molecule has 0 unspecified atom stereocenters. The Kier molecular flexibility index (Phi) is 6.00. The fourth-order valence-corrected chi connectivity index (χ4v) is 3.59. The summed E-state index contributed by atoms with van der Waals surface area (Å²) in [6.07, 6.45) is 0. The molecule has 0 amide bonds. The summed E-state index contributed by atoms with van der Waals surface area (Å²) < 4.78 is 2.07. The van der Waals surface area contributed by atoms with Gasteiger partial charge in [-0.05, 0) is 44.4 Å². The number of aromatic carboxylic acids is 1. The van der Waals surface area contributed by atoms with Gasteiger partial charge in [0, 0.05) is 36.6 Å². The van der Waals surface area contributed by atoms with Crippen molar-refractivity contribution in [2.45, 2.75) is 47.3 Å². The minimum Gasteiger partial charge on any atom is -0.545 e. The number of aryl methyl sites for hydroxylation is 2. The van der Waals surface area contributed by atoms with Crippen molar-refractivity contribution in [1.82, 2.24) is 9.88 Å². The van der Waals surface area contributed by atoms with Gasteiger partial charge in [0.25, 0.3) is 0 Å². The summed E-state index contributed by atoms with van der Waals surface area (Å²) in [5.74, 6) is -1.12. The third kappa shape index (κ3) is 4.34. The highest BCUT2D eigenvalue weighted by Gasteiger charge is 2.18. The molecule has 0 saturated heterocycles. The van der Waals surface area contributed by atoms with Crippen LogP contribution in [-0.4, -0.2) is 10.5 Å². The van der Waals surface area contributed by atoms with Crippen LogP contribution in [0.3, 0.4) is 0 Å². The molecule has 0 bridgehead atoms. The number of aromatic nitrogens is 1. The van der Waals surface area contributed by atoms with Crippen molar-refractivity contribution in [3.05, 3.63) is 93.3 Å². The molecule has 0 aliphatic rings. The molecule has 0 atom stereocenters. The summed E-state index contributed by atoms with van der Waals surface area (Å²) >= 11 is 0. The van der Waals surface area contributed by atoms with E-state index >= 15 is 0 Å². The SMILES string of the molecule is Cc1ccc(CNCc2c(C(=O)[O-])c(C)n(Cc3ccc(C)cc3)c2C)cc1. The van der Waals surface area contributed by atoms with Gasteiger partial charge in [-0.1, -0.05) is 59.7 Å². The Hall–Kier alpha value is -2.85. The Balaban J connectivity index is 1.82. The predicted octanol–water partition coefficient (Wildman–Crippen LogP) is 3.42. The lowest BCUT2D eigenvalue weighted by Crippen LogP contribution is -2.25. The van der Waals surface area contributed by atoms with Gasteiger partial charge >= 0.3 is 0 Å². The molecule has 146 valence electrons. The van der Waals surface area contributed by atoms with Gasteiger partial charge in [-0.15, -0.1) is 0 Å². The Labute approximate surface area is 166 Å². The lowest BCUT2D eigenvalue weighted by molar-refractivity contribution is -0.255. The third-order valence-electron chi connectivity index (χ3n) is 5.33. The average Bonchev–Trinajstić information content (AvgIpc) is 2.89. The third-order valence-corrected chi connectivity index (χ3v) is 5.33. The van der Waals surface area contributed by atoms with E-state index in [1.807, 2.05) is 13.8 Å². The standard InChI is InChI=1S/C24H28N2O2/c1-16-5-9-20(10-6-16)13-25-14-22-18(3)26(19(4)23(22)24(27)28)15-21-11-7-17(2)8-12-21/h5-12,25H,13-15H2,1-4H3,(H,27,28)/p-1. The minimum atomic E-state index is -1.12. The van der Waals surface area contributed by atoms with Crippen molar-refractivity contribution in [3.63, 3.8) is 0 Å². The highest BCUT2D eigenvalue weighted by atomic mass is 16.4. The molecule has 3 rings (SSSR count). The van der Waals surface area contributed by atoms with Gasteiger partial charge < -0.3 is 19.8 Å². The number of rotatable bonds is 7. The van der Waals surface area contributed by atoms with Crippen LogP contribution in [0.1, 0.15) is 49.6 Å². The maximum atomic E-state index is 11.8. The second-order valence-electron chi connectivity index (χ2n) is 7.47. The molecule has 0 spiro atoms. The quantitative estimate of drug-likeness (QED) is 0.688. The van der Waals surface area contributed by atoms with Crippen molar-refractivity contribution in [2.24, 2.45) is 0 Å². The highest BCUT2D eigenvalue weighted by Crippen LogP contribution is 2.23. The number of hydrogen-bond acceptors (Lipinski definition) is 3. The zero-order chi connectivity index (χ0) is 20.3. The lowest BCUT2D eigenvalue weighted by Gasteiger charge is -2.11. The molecule has 1 heterocycles. The largest absolute Gasteiger partial charge is 0.545 e. The van der Waals surface area contributed by atoms with Crippen molar-refractivity contribution in [2.75, 3.05) is 0 Å². The first-order valence-electron chi connectivity index (χ1n) is 9.58. The van der Waals surface area contributed by atoms with Crippen LogP contribution in [0.5, 0.6) is 0 Å². The maximum Gasteiger partial charge on any atom is 0.0736 e. The molecule has 3 aromatic rings. The Morgan fingerprint density at radius 1 is 0.821 bits per heavy atom. The monoisotopic (exact) mass is 375 g/mol. The van der Waals surface area contributed by atoms with E-state index in [1.165, 1.54) is 16.7 Å². The van der Waals surface area contributed by atoms with Crippen LogP contribution in [0.2, 0.25) is 0 Å². The average molecular weight is 375 g/mol. The van der Waals surface area contributed by atoms with Crippen LogP contribution in [0.15, 0.2) is 48.5 Å². The van der Waals surface area contributed by atoms with E-state index in [-0.39, 0.29) is 0 Å². The zero-order valence-corrected chi connectivity index (χ0v) is 17.0. The van der Waals surface area contributed by atoms with Crippen LogP contribution in [0.4, 0.5) is 0 Å². The van der Waals surface area contributed by atoms with Crippen molar-refractivity contribution >= 4 is 5.97 Å². The number of carbonyl (C=O) groups excluding carboxylic acids is 1. The smallest absolute Gasteiger partial charge is 0.0736 e. The van der Waals surface area contributed by atoms with Crippen LogP contribution in [0.25, 0.3) is 0 Å². The van der Waals surface area contributed by atoms with E-state index in [9.17, 15) is 9.90 Å². The molecule has 4 nitrogen and oxygen atoms in total. The lowest BCUT2D eigenvalue weighted by atomic mass is 10.1. The molecule has 0 fully saturated rings. The minimum absolute atomic E-state index is 0.306. The summed E-state index contributed by atoms with van der Waals surface area (Å²) in [6.45, 7) is 9.79. The first-order valence-corrected chi connectivity index (χ1v) is 9.58. The molecule has 0 saturated carbocycles. The summed E-state index contributed by atoms with van der Waals surface area (Å²) in [4.78, 5) is 11.8. The number of nitrogens with one attached hydrogen (secondary N) is 1. The molecule has 0 aliphatic heterocycles. The number of hydrogen-bond donors (Lipinski definition) is 1. The zero-order valence-electron chi connectivity index (χ0n) is 17.0. The Morgan fingerprint density at radius 3 is 1.89 bits per heavy atom. The van der Waals surface area contributed by atoms with E-state index in [1.54, 1.807) is 0 Å². The molecule has 1 N–H and O–H groups in total. The number of carbonyl (C=O) groups is 1. The second kappa shape index (κ2) is 8.44. The van der Waals surface area contributed by atoms with Crippen LogP contribution < -0.4 is 10.4 Å². The number of benzene rings is 2. The van der Waals surface area contributed by atoms with E-state index in [4.69, 9.17) is 0 Å². The highest BCUT2D eigenvalue weighted by molar-refractivity contribution is 5.89. The van der Waals surface area contributed by atoms with E-state index < -0.39 is 5.97 Å². The molecule has 0 aliphatic carbocycles. The molecule has 1 aromatic heterocycles. The summed E-state index contributed by atoms with van der Waals surface area (Å²) in [7, 11) is 0. The van der Waals surface area contributed by atoms with Crippen LogP contribution in [0, 0.1) is 27.7 Å². The van der Waals surface area contributed by atoms with Crippen molar-refractivity contribution in [1.29, 1.82) is 0 Å². The predicted molar refractivity (Wildman–Crippen MR) is 110 cm³/mol. The van der Waals surface area contributed by atoms with Crippen molar-refractivity contribution < 1.29 is 9.90 Å². The molecule has 28 heavy (non-hydrogen) atoms. The van der Waals surface area contributed by atoms with Gasteiger partial charge in [0.05, 0.1) is 5.97 Å². The summed E-state index contributed by atoms with van der Waals surface area (Å²) in [5, 5.41) is 15.2. The maximum absolute atomic E-state index is 11.8. The number of nitrogens with zero attached hydrogens (tertiary/aromatic N) is 1. The van der Waals surface area contributed by atoms with Gasteiger partial charge in [-0.3, -0.25) is 0 Å².